The quantitative estimate of drug-likeness (QED) is 0.0907. The molecule has 0 saturated heterocycles. The van der Waals surface area contributed by atoms with E-state index in [0.717, 1.165) is 96.4 Å². The van der Waals surface area contributed by atoms with E-state index < -0.39 is 8.07 Å². The largest absolute Gasteiger partial charge is 0.512 e. The first kappa shape index (κ1) is 38.0. The van der Waals surface area contributed by atoms with Gasteiger partial charge >= 0.3 is 0 Å². The SMILES string of the molecule is Cc1[c-]c(-c2ccc3c(-c4ccccc4)c([Si](C)(C)C)ccc3n2)cc(C)c1.O=C(/C=C(\O)C12CC3CC(CC(C3)C1)C2)C12CC3CC(CC(C3)C1)C2.[Ir]. The van der Waals surface area contributed by atoms with Crippen molar-refractivity contribution in [3.8, 4) is 22.4 Å². The van der Waals surface area contributed by atoms with Crippen LogP contribution in [0.5, 0.6) is 0 Å². The summed E-state index contributed by atoms with van der Waals surface area (Å²) in [7, 11) is -1.50. The van der Waals surface area contributed by atoms with Crippen LogP contribution in [0.1, 0.15) is 88.2 Å². The maximum absolute atomic E-state index is 13.4. The number of hydrogen-bond acceptors (Lipinski definition) is 3. The van der Waals surface area contributed by atoms with Gasteiger partial charge in [0.2, 0.25) is 0 Å². The molecule has 0 amide bonds. The summed E-state index contributed by atoms with van der Waals surface area (Å²) in [6, 6.07) is 27.4. The van der Waals surface area contributed by atoms with E-state index in [-0.39, 0.29) is 30.9 Å². The molecular weight excluding hydrogens is 855 g/mol. The van der Waals surface area contributed by atoms with Gasteiger partial charge in [0.05, 0.1) is 13.6 Å². The summed E-state index contributed by atoms with van der Waals surface area (Å²) >= 11 is 0. The molecule has 3 aromatic carbocycles. The standard InChI is InChI=1S/C26H26NSi.C23H32O2.Ir/c1-18-15-19(2)17-21(16-18)23-12-11-22-24(27-23)13-14-25(28(3,4)5)26(22)20-9-7-6-8-10-20;24-20(22-8-14-1-15(9-22)3-16(2-14)10-22)7-21(25)23-11-17-4-18(12-23)6-19(5-17)13-23;/h6-16H,1-5H3;7,14-19,24H,1-6,8-13H2;/q-1;;/b;20-7-;. The van der Waals surface area contributed by atoms with Gasteiger partial charge in [-0.2, -0.15) is 0 Å². The molecular formula is C49H58IrNO2Si-. The predicted molar refractivity (Wildman–Crippen MR) is 221 cm³/mol. The molecule has 5 heteroatoms. The van der Waals surface area contributed by atoms with Gasteiger partial charge in [-0.3, -0.25) is 9.78 Å². The van der Waals surface area contributed by atoms with Gasteiger partial charge < -0.3 is 5.11 Å². The minimum absolute atomic E-state index is 0. The molecule has 0 spiro atoms. The van der Waals surface area contributed by atoms with Crippen LogP contribution in [0.3, 0.4) is 0 Å². The van der Waals surface area contributed by atoms with Gasteiger partial charge in [-0.25, -0.2) is 0 Å². The number of aryl methyl sites for hydroxylation is 2. The molecule has 8 saturated carbocycles. The maximum atomic E-state index is 13.4. The van der Waals surface area contributed by atoms with Crippen molar-refractivity contribution in [1.82, 2.24) is 4.98 Å². The second-order valence-electron chi connectivity index (χ2n) is 19.9. The Morgan fingerprint density at radius 1 is 0.741 bits per heavy atom. The maximum Gasteiger partial charge on any atom is 0.165 e. The van der Waals surface area contributed by atoms with Crippen molar-refractivity contribution in [3.63, 3.8) is 0 Å². The summed E-state index contributed by atoms with van der Waals surface area (Å²) in [5.74, 6) is 5.64. The molecule has 3 nitrogen and oxygen atoms in total. The van der Waals surface area contributed by atoms with Crippen molar-refractivity contribution in [2.24, 2.45) is 46.3 Å². The monoisotopic (exact) mass is 913 g/mol. The number of ketones is 1. The van der Waals surface area contributed by atoms with Crippen LogP contribution in [0.4, 0.5) is 0 Å². The van der Waals surface area contributed by atoms with E-state index in [1.54, 1.807) is 6.08 Å². The van der Waals surface area contributed by atoms with Crippen molar-refractivity contribution in [1.29, 1.82) is 0 Å². The fourth-order valence-electron chi connectivity index (χ4n) is 13.2. The van der Waals surface area contributed by atoms with Crippen LogP contribution < -0.4 is 5.19 Å². The second-order valence-corrected chi connectivity index (χ2v) is 24.9. The Hall–Kier alpha value is -2.85. The molecule has 8 aliphatic carbocycles. The van der Waals surface area contributed by atoms with E-state index in [9.17, 15) is 9.90 Å². The molecule has 1 aromatic heterocycles. The van der Waals surface area contributed by atoms with Crippen LogP contribution in [-0.4, -0.2) is 23.9 Å². The Bertz CT molecular complexity index is 2000. The molecule has 12 rings (SSSR count). The molecule has 1 heterocycles. The first-order valence-electron chi connectivity index (χ1n) is 20.8. The normalized spacial score (nSPS) is 31.9. The summed E-state index contributed by atoms with van der Waals surface area (Å²) in [5.41, 5.74) is 8.00. The average Bonchev–Trinajstić information content (AvgIpc) is 3.09. The van der Waals surface area contributed by atoms with Gasteiger partial charge in [-0.05, 0) is 135 Å². The van der Waals surface area contributed by atoms with Crippen LogP contribution in [0.15, 0.2) is 78.6 Å². The van der Waals surface area contributed by atoms with Crippen molar-refractivity contribution < 1.29 is 30.0 Å². The zero-order chi connectivity index (χ0) is 36.7. The number of aliphatic hydroxyl groups is 1. The predicted octanol–water partition coefficient (Wildman–Crippen LogP) is 12.0. The van der Waals surface area contributed by atoms with Crippen LogP contribution in [-0.2, 0) is 24.9 Å². The first-order chi connectivity index (χ1) is 25.3. The smallest absolute Gasteiger partial charge is 0.165 e. The van der Waals surface area contributed by atoms with Gasteiger partial charge in [0.15, 0.2) is 5.78 Å². The summed E-state index contributed by atoms with van der Waals surface area (Å²) < 4.78 is 0. The molecule has 1 N–H and O–H groups in total. The summed E-state index contributed by atoms with van der Waals surface area (Å²) in [6.45, 7) is 11.4. The number of aliphatic hydroxyl groups excluding tert-OH is 1. The fraction of sp³-hybridized carbons (Fsp3) is 0.510. The van der Waals surface area contributed by atoms with Crippen molar-refractivity contribution >= 4 is 29.9 Å². The molecule has 285 valence electrons. The zero-order valence-electron chi connectivity index (χ0n) is 33.0. The van der Waals surface area contributed by atoms with Crippen molar-refractivity contribution in [2.75, 3.05) is 0 Å². The summed E-state index contributed by atoms with van der Waals surface area (Å²) in [5, 5.41) is 13.8. The van der Waals surface area contributed by atoms with Crippen LogP contribution in [0.25, 0.3) is 33.3 Å². The van der Waals surface area contributed by atoms with Crippen molar-refractivity contribution in [3.05, 3.63) is 95.8 Å². The number of carbonyl (C=O) groups excluding carboxylic acids is 1. The Morgan fingerprint density at radius 3 is 1.80 bits per heavy atom. The van der Waals surface area contributed by atoms with E-state index in [0.29, 0.717) is 11.5 Å². The Balaban J connectivity index is 0.000000151. The molecule has 0 aliphatic heterocycles. The molecule has 8 fully saturated rings. The number of hydrogen-bond donors (Lipinski definition) is 1. The third-order valence-electron chi connectivity index (χ3n) is 14.6. The molecule has 8 bridgehead atoms. The van der Waals surface area contributed by atoms with Crippen LogP contribution >= 0.6 is 0 Å². The molecule has 4 aromatic rings. The van der Waals surface area contributed by atoms with Crippen LogP contribution in [0, 0.1) is 66.3 Å². The van der Waals surface area contributed by atoms with Gasteiger partial charge in [-0.1, -0.05) is 87.2 Å². The van der Waals surface area contributed by atoms with E-state index in [4.69, 9.17) is 4.98 Å². The minimum atomic E-state index is -1.50. The van der Waals surface area contributed by atoms with Gasteiger partial charge in [0.25, 0.3) is 0 Å². The summed E-state index contributed by atoms with van der Waals surface area (Å²) in [6.07, 6.45) is 16.8. The number of fused-ring (bicyclic) bond motifs is 1. The number of pyridine rings is 1. The minimum Gasteiger partial charge on any atom is -0.512 e. The molecule has 0 atom stereocenters. The van der Waals surface area contributed by atoms with Crippen LogP contribution in [0.2, 0.25) is 19.6 Å². The van der Waals surface area contributed by atoms with Crippen molar-refractivity contribution in [2.45, 2.75) is 111 Å². The fourth-order valence-corrected chi connectivity index (χ4v) is 14.8. The first-order valence-corrected chi connectivity index (χ1v) is 24.3. The second kappa shape index (κ2) is 14.3. The Kier molecular flexibility index (Phi) is 10.0. The Labute approximate surface area is 338 Å². The van der Waals surface area contributed by atoms with Gasteiger partial charge in [0, 0.05) is 42.4 Å². The number of benzene rings is 3. The molecule has 0 unspecified atom stereocenters. The van der Waals surface area contributed by atoms with E-state index in [1.165, 1.54) is 65.8 Å². The van der Waals surface area contributed by atoms with E-state index in [2.05, 4.69) is 106 Å². The van der Waals surface area contributed by atoms with Gasteiger partial charge in [-0.15, -0.1) is 34.9 Å². The number of rotatable bonds is 6. The number of aromatic nitrogens is 1. The number of nitrogens with zero attached hydrogens (tertiary/aromatic N) is 1. The topological polar surface area (TPSA) is 50.2 Å². The van der Waals surface area contributed by atoms with E-state index in [1.807, 2.05) is 0 Å². The molecule has 54 heavy (non-hydrogen) atoms. The Morgan fingerprint density at radius 2 is 1.28 bits per heavy atom. The zero-order valence-corrected chi connectivity index (χ0v) is 36.4. The van der Waals surface area contributed by atoms with Gasteiger partial charge in [0.1, 0.15) is 5.76 Å². The average molecular weight is 913 g/mol. The number of carbonyl (C=O) groups is 1. The number of allylic oxidation sites excluding steroid dienone is 2. The molecule has 8 aliphatic rings. The summed E-state index contributed by atoms with van der Waals surface area (Å²) in [4.78, 5) is 18.4. The van der Waals surface area contributed by atoms with E-state index >= 15 is 0 Å². The third kappa shape index (κ3) is 7.05. The molecule has 1 radical (unpaired) electrons. The third-order valence-corrected chi connectivity index (χ3v) is 16.6.